The number of carboxylic acid groups (broad SMARTS) is 1. The van der Waals surface area contributed by atoms with Gasteiger partial charge in [-0.05, 0) is 48.4 Å². The summed E-state index contributed by atoms with van der Waals surface area (Å²) in [5.74, 6) is 0.683. The summed E-state index contributed by atoms with van der Waals surface area (Å²) in [5.41, 5.74) is 3.87. The number of hydrogen-bond acceptors (Lipinski definition) is 3. The summed E-state index contributed by atoms with van der Waals surface area (Å²) < 4.78 is 12.7. The molecule has 130 valence electrons. The zero-order valence-corrected chi connectivity index (χ0v) is 14.6. The zero-order chi connectivity index (χ0) is 18.0. The van der Waals surface area contributed by atoms with Crippen LogP contribution in [-0.2, 0) is 17.8 Å². The van der Waals surface area contributed by atoms with Crippen LogP contribution in [0.4, 0.5) is 0 Å². The van der Waals surface area contributed by atoms with Gasteiger partial charge in [-0.1, -0.05) is 12.1 Å². The molecule has 25 heavy (non-hydrogen) atoms. The maximum Gasteiger partial charge on any atom is 0.307 e. The highest BCUT2D eigenvalue weighted by Crippen LogP contribution is 2.31. The third kappa shape index (κ3) is 3.31. The SMILES string of the molecule is COc1cccc(Cn2c(C)c(CC(=O)O)c3cc(OC)ccc32)c1. The van der Waals surface area contributed by atoms with E-state index in [-0.39, 0.29) is 6.42 Å². The van der Waals surface area contributed by atoms with Crippen molar-refractivity contribution in [3.8, 4) is 11.5 Å². The summed E-state index contributed by atoms with van der Waals surface area (Å²) in [6.07, 6.45) is -0.0133. The number of carboxylic acids is 1. The number of ether oxygens (including phenoxy) is 2. The van der Waals surface area contributed by atoms with Crippen LogP contribution in [0.5, 0.6) is 11.5 Å². The van der Waals surface area contributed by atoms with Crippen molar-refractivity contribution in [3.63, 3.8) is 0 Å². The molecule has 3 rings (SSSR count). The molecule has 0 aliphatic heterocycles. The molecular weight excluding hydrogens is 318 g/mol. The molecule has 1 heterocycles. The highest BCUT2D eigenvalue weighted by Gasteiger charge is 2.17. The third-order valence-corrected chi connectivity index (χ3v) is 4.46. The molecule has 0 saturated heterocycles. The first kappa shape index (κ1) is 16.9. The number of nitrogens with zero attached hydrogens (tertiary/aromatic N) is 1. The molecule has 0 saturated carbocycles. The van der Waals surface area contributed by atoms with Crippen molar-refractivity contribution in [3.05, 3.63) is 59.3 Å². The average molecular weight is 339 g/mol. The Labute approximate surface area is 146 Å². The molecule has 0 amide bonds. The summed E-state index contributed by atoms with van der Waals surface area (Å²) in [7, 11) is 3.25. The third-order valence-electron chi connectivity index (χ3n) is 4.46. The monoisotopic (exact) mass is 339 g/mol. The predicted molar refractivity (Wildman–Crippen MR) is 96.7 cm³/mol. The van der Waals surface area contributed by atoms with E-state index in [1.54, 1.807) is 14.2 Å². The van der Waals surface area contributed by atoms with Crippen LogP contribution in [0, 0.1) is 6.92 Å². The standard InChI is InChI=1S/C20H21NO4/c1-13-17(11-20(22)23)18-10-16(25-3)7-8-19(18)21(13)12-14-5-4-6-15(9-14)24-2/h4-10H,11-12H2,1-3H3,(H,22,23). The number of hydrogen-bond donors (Lipinski definition) is 1. The quantitative estimate of drug-likeness (QED) is 0.745. The summed E-state index contributed by atoms with van der Waals surface area (Å²) in [5, 5.41) is 10.2. The minimum absolute atomic E-state index is 0.0133. The second-order valence-corrected chi connectivity index (χ2v) is 5.96. The fraction of sp³-hybridized carbons (Fsp3) is 0.250. The molecular formula is C20H21NO4. The largest absolute Gasteiger partial charge is 0.497 e. The Morgan fingerprint density at radius 1 is 1.08 bits per heavy atom. The molecule has 0 spiro atoms. The average Bonchev–Trinajstić information content (AvgIpc) is 2.86. The lowest BCUT2D eigenvalue weighted by atomic mass is 10.1. The second-order valence-electron chi connectivity index (χ2n) is 5.96. The molecule has 0 unspecified atom stereocenters. The molecule has 5 heteroatoms. The van der Waals surface area contributed by atoms with E-state index in [0.717, 1.165) is 39.2 Å². The molecule has 0 aliphatic rings. The number of rotatable bonds is 6. The van der Waals surface area contributed by atoms with Gasteiger partial charge in [0.05, 0.1) is 20.6 Å². The Kier molecular flexibility index (Phi) is 4.65. The van der Waals surface area contributed by atoms with Crippen molar-refractivity contribution in [1.82, 2.24) is 4.57 Å². The van der Waals surface area contributed by atoms with E-state index in [0.29, 0.717) is 6.54 Å². The van der Waals surface area contributed by atoms with Crippen molar-refractivity contribution < 1.29 is 19.4 Å². The van der Waals surface area contributed by atoms with Crippen molar-refractivity contribution in [2.45, 2.75) is 19.9 Å². The van der Waals surface area contributed by atoms with Gasteiger partial charge >= 0.3 is 5.97 Å². The molecule has 1 aromatic heterocycles. The van der Waals surface area contributed by atoms with Gasteiger partial charge in [0, 0.05) is 23.1 Å². The van der Waals surface area contributed by atoms with Gasteiger partial charge < -0.3 is 19.1 Å². The van der Waals surface area contributed by atoms with Crippen LogP contribution in [0.15, 0.2) is 42.5 Å². The molecule has 0 radical (unpaired) electrons. The van der Waals surface area contributed by atoms with Gasteiger partial charge in [-0.25, -0.2) is 0 Å². The Bertz CT molecular complexity index is 927. The maximum atomic E-state index is 11.3. The predicted octanol–water partition coefficient (Wildman–Crippen LogP) is 3.64. The summed E-state index contributed by atoms with van der Waals surface area (Å²) in [6, 6.07) is 13.7. The van der Waals surface area contributed by atoms with Crippen molar-refractivity contribution in [2.24, 2.45) is 0 Å². The number of benzene rings is 2. The van der Waals surface area contributed by atoms with Crippen LogP contribution in [0.2, 0.25) is 0 Å². The fourth-order valence-corrected chi connectivity index (χ4v) is 3.19. The van der Waals surface area contributed by atoms with E-state index < -0.39 is 5.97 Å². The Balaban J connectivity index is 2.13. The van der Waals surface area contributed by atoms with E-state index >= 15 is 0 Å². The summed E-state index contributed by atoms with van der Waals surface area (Å²) in [4.78, 5) is 11.3. The molecule has 5 nitrogen and oxygen atoms in total. The van der Waals surface area contributed by atoms with Gasteiger partial charge in [0.15, 0.2) is 0 Å². The van der Waals surface area contributed by atoms with E-state index in [2.05, 4.69) is 4.57 Å². The van der Waals surface area contributed by atoms with Gasteiger partial charge in [0.1, 0.15) is 11.5 Å². The van der Waals surface area contributed by atoms with Crippen LogP contribution in [0.3, 0.4) is 0 Å². The molecule has 2 aromatic carbocycles. The van der Waals surface area contributed by atoms with E-state index in [1.807, 2.05) is 49.4 Å². The first-order chi connectivity index (χ1) is 12.0. The molecule has 3 aromatic rings. The van der Waals surface area contributed by atoms with Crippen molar-refractivity contribution in [2.75, 3.05) is 14.2 Å². The first-order valence-corrected chi connectivity index (χ1v) is 8.04. The molecule has 0 atom stereocenters. The summed E-state index contributed by atoms with van der Waals surface area (Å²) in [6.45, 7) is 2.61. The number of fused-ring (bicyclic) bond motifs is 1. The second kappa shape index (κ2) is 6.89. The number of aliphatic carboxylic acids is 1. The number of carbonyl (C=O) groups is 1. The molecule has 1 N–H and O–H groups in total. The van der Waals surface area contributed by atoms with Crippen molar-refractivity contribution in [1.29, 1.82) is 0 Å². The van der Waals surface area contributed by atoms with Gasteiger partial charge in [0.25, 0.3) is 0 Å². The molecule has 0 bridgehead atoms. The Morgan fingerprint density at radius 2 is 1.80 bits per heavy atom. The number of methoxy groups -OCH3 is 2. The van der Waals surface area contributed by atoms with Crippen LogP contribution in [0.1, 0.15) is 16.8 Å². The van der Waals surface area contributed by atoms with E-state index in [4.69, 9.17) is 9.47 Å². The number of aromatic nitrogens is 1. The smallest absolute Gasteiger partial charge is 0.307 e. The van der Waals surface area contributed by atoms with Gasteiger partial charge in [-0.15, -0.1) is 0 Å². The first-order valence-electron chi connectivity index (χ1n) is 8.04. The lowest BCUT2D eigenvalue weighted by Crippen LogP contribution is -2.05. The minimum atomic E-state index is -0.841. The highest BCUT2D eigenvalue weighted by molar-refractivity contribution is 5.90. The lowest BCUT2D eigenvalue weighted by molar-refractivity contribution is -0.136. The zero-order valence-electron chi connectivity index (χ0n) is 14.6. The van der Waals surface area contributed by atoms with Crippen LogP contribution < -0.4 is 9.47 Å². The maximum absolute atomic E-state index is 11.3. The Morgan fingerprint density at radius 3 is 2.48 bits per heavy atom. The molecule has 0 fully saturated rings. The Hall–Kier alpha value is -2.95. The minimum Gasteiger partial charge on any atom is -0.497 e. The lowest BCUT2D eigenvalue weighted by Gasteiger charge is -2.10. The van der Waals surface area contributed by atoms with Crippen LogP contribution >= 0.6 is 0 Å². The van der Waals surface area contributed by atoms with E-state index in [9.17, 15) is 9.90 Å². The van der Waals surface area contributed by atoms with E-state index in [1.165, 1.54) is 0 Å². The van der Waals surface area contributed by atoms with Gasteiger partial charge in [0.2, 0.25) is 0 Å². The van der Waals surface area contributed by atoms with Crippen LogP contribution in [-0.4, -0.2) is 29.9 Å². The fourth-order valence-electron chi connectivity index (χ4n) is 3.19. The molecule has 0 aliphatic carbocycles. The normalized spacial score (nSPS) is 10.8. The van der Waals surface area contributed by atoms with Crippen molar-refractivity contribution >= 4 is 16.9 Å². The topological polar surface area (TPSA) is 60.7 Å². The van der Waals surface area contributed by atoms with Crippen LogP contribution in [0.25, 0.3) is 10.9 Å². The summed E-state index contributed by atoms with van der Waals surface area (Å²) >= 11 is 0. The van der Waals surface area contributed by atoms with Gasteiger partial charge in [-0.3, -0.25) is 4.79 Å². The van der Waals surface area contributed by atoms with Gasteiger partial charge in [-0.2, -0.15) is 0 Å². The highest BCUT2D eigenvalue weighted by atomic mass is 16.5.